The van der Waals surface area contributed by atoms with Gasteiger partial charge in [0.15, 0.2) is 0 Å². The Morgan fingerprint density at radius 1 is 1.09 bits per heavy atom. The molecular formula is C19H19NO2. The number of benzene rings is 2. The van der Waals surface area contributed by atoms with E-state index >= 15 is 0 Å². The van der Waals surface area contributed by atoms with Crippen molar-refractivity contribution in [2.45, 2.75) is 19.8 Å². The summed E-state index contributed by atoms with van der Waals surface area (Å²) in [6.07, 6.45) is 4.30. The Morgan fingerprint density at radius 2 is 1.86 bits per heavy atom. The van der Waals surface area contributed by atoms with E-state index in [1.807, 2.05) is 18.2 Å². The largest absolute Gasteiger partial charge is 0.497 e. The Hall–Kier alpha value is -2.55. The summed E-state index contributed by atoms with van der Waals surface area (Å²) in [5.74, 6) is 0.915. The summed E-state index contributed by atoms with van der Waals surface area (Å²) in [4.78, 5) is 0. The summed E-state index contributed by atoms with van der Waals surface area (Å²) >= 11 is 0. The van der Waals surface area contributed by atoms with Gasteiger partial charge in [0.1, 0.15) is 5.75 Å². The minimum absolute atomic E-state index is 0.626. The number of allylic oxidation sites excluding steroid dienone is 1. The third kappa shape index (κ3) is 2.75. The maximum Gasteiger partial charge on any atom is 0.119 e. The van der Waals surface area contributed by atoms with Crippen molar-refractivity contribution in [3.63, 3.8) is 0 Å². The summed E-state index contributed by atoms with van der Waals surface area (Å²) in [5.41, 5.74) is 6.72. The summed E-state index contributed by atoms with van der Waals surface area (Å²) in [7, 11) is 1.70. The van der Waals surface area contributed by atoms with Crippen LogP contribution in [0.1, 0.15) is 35.6 Å². The summed E-state index contributed by atoms with van der Waals surface area (Å²) < 4.78 is 5.29. The van der Waals surface area contributed by atoms with Crippen LogP contribution in [0.5, 0.6) is 5.75 Å². The molecule has 22 heavy (non-hydrogen) atoms. The molecule has 2 aromatic rings. The number of nitrogens with zero attached hydrogens (tertiary/aromatic N) is 1. The topological polar surface area (TPSA) is 41.8 Å². The average molecular weight is 293 g/mol. The van der Waals surface area contributed by atoms with E-state index in [0.717, 1.165) is 24.2 Å². The van der Waals surface area contributed by atoms with Crippen molar-refractivity contribution in [1.29, 1.82) is 0 Å². The second kappa shape index (κ2) is 6.06. The number of oxime groups is 1. The van der Waals surface area contributed by atoms with E-state index in [2.05, 4.69) is 35.5 Å². The predicted molar refractivity (Wildman–Crippen MR) is 89.6 cm³/mol. The molecule has 0 amide bonds. The molecule has 0 saturated heterocycles. The predicted octanol–water partition coefficient (Wildman–Crippen LogP) is 4.38. The molecule has 0 heterocycles. The molecule has 1 N–H and O–H groups in total. The highest BCUT2D eigenvalue weighted by molar-refractivity contribution is 5.98. The molecule has 0 bridgehead atoms. The minimum atomic E-state index is 0.626. The van der Waals surface area contributed by atoms with Crippen LogP contribution < -0.4 is 4.74 Å². The van der Waals surface area contributed by atoms with E-state index in [1.165, 1.54) is 22.3 Å². The number of aryl methyl sites for hydroxylation is 1. The standard InChI is InChI=1S/C19H19NO2/c1-13(20-21)14-3-5-15(6-4-14)16-7-8-18-12-19(22-2)10-9-17(18)11-16/h3-6,9-12,21H,7-8H2,1-2H3/b20-13+. The third-order valence-electron chi connectivity index (χ3n) is 4.17. The van der Waals surface area contributed by atoms with Crippen LogP contribution in [-0.4, -0.2) is 18.0 Å². The highest BCUT2D eigenvalue weighted by atomic mass is 16.5. The first-order valence-electron chi connectivity index (χ1n) is 7.38. The molecule has 0 saturated carbocycles. The smallest absolute Gasteiger partial charge is 0.119 e. The quantitative estimate of drug-likeness (QED) is 0.518. The van der Waals surface area contributed by atoms with Gasteiger partial charge in [-0.3, -0.25) is 0 Å². The van der Waals surface area contributed by atoms with E-state index in [9.17, 15) is 0 Å². The number of fused-ring (bicyclic) bond motifs is 1. The number of methoxy groups -OCH3 is 1. The number of hydrogen-bond acceptors (Lipinski definition) is 3. The fourth-order valence-corrected chi connectivity index (χ4v) is 2.81. The number of ether oxygens (including phenoxy) is 1. The van der Waals surface area contributed by atoms with Crippen LogP contribution in [0.2, 0.25) is 0 Å². The Kier molecular flexibility index (Phi) is 3.96. The molecular weight excluding hydrogens is 274 g/mol. The SMILES string of the molecule is COc1ccc2c(c1)CCC(c1ccc(/C(C)=N/O)cc1)=C2. The number of hydrogen-bond donors (Lipinski definition) is 1. The second-order valence-electron chi connectivity index (χ2n) is 5.50. The zero-order valence-electron chi connectivity index (χ0n) is 12.8. The van der Waals surface area contributed by atoms with Crippen LogP contribution in [-0.2, 0) is 6.42 Å². The van der Waals surface area contributed by atoms with Gasteiger partial charge in [-0.05, 0) is 59.7 Å². The van der Waals surface area contributed by atoms with Crippen molar-refractivity contribution in [2.24, 2.45) is 5.16 Å². The van der Waals surface area contributed by atoms with Crippen molar-refractivity contribution in [3.05, 3.63) is 64.7 Å². The summed E-state index contributed by atoms with van der Waals surface area (Å²) in [5, 5.41) is 12.1. The average Bonchev–Trinajstić information content (AvgIpc) is 2.60. The lowest BCUT2D eigenvalue weighted by atomic mass is 9.88. The fraction of sp³-hybridized carbons (Fsp3) is 0.211. The maximum absolute atomic E-state index is 8.82. The van der Waals surface area contributed by atoms with Crippen LogP contribution in [0.3, 0.4) is 0 Å². The molecule has 0 radical (unpaired) electrons. The second-order valence-corrected chi connectivity index (χ2v) is 5.50. The van der Waals surface area contributed by atoms with Crippen molar-refractivity contribution in [1.82, 2.24) is 0 Å². The first-order valence-corrected chi connectivity index (χ1v) is 7.38. The molecule has 0 atom stereocenters. The molecule has 112 valence electrons. The van der Waals surface area contributed by atoms with Crippen LogP contribution in [0, 0.1) is 0 Å². The molecule has 3 rings (SSSR count). The third-order valence-corrected chi connectivity index (χ3v) is 4.17. The van der Waals surface area contributed by atoms with Gasteiger partial charge in [-0.15, -0.1) is 0 Å². The van der Waals surface area contributed by atoms with Gasteiger partial charge < -0.3 is 9.94 Å². The molecule has 0 fully saturated rings. The van der Waals surface area contributed by atoms with Crippen molar-refractivity contribution in [2.75, 3.05) is 7.11 Å². The molecule has 1 aliphatic carbocycles. The normalized spacial score (nSPS) is 14.3. The van der Waals surface area contributed by atoms with E-state index < -0.39 is 0 Å². The van der Waals surface area contributed by atoms with Crippen molar-refractivity contribution < 1.29 is 9.94 Å². The Balaban J connectivity index is 1.91. The van der Waals surface area contributed by atoms with Crippen LogP contribution in [0.15, 0.2) is 47.6 Å². The first kappa shape index (κ1) is 14.4. The van der Waals surface area contributed by atoms with Gasteiger partial charge in [0.05, 0.1) is 12.8 Å². The molecule has 0 spiro atoms. The number of rotatable bonds is 3. The maximum atomic E-state index is 8.82. The Labute approximate surface area is 130 Å². The van der Waals surface area contributed by atoms with Gasteiger partial charge in [-0.25, -0.2) is 0 Å². The monoisotopic (exact) mass is 293 g/mol. The van der Waals surface area contributed by atoms with Gasteiger partial charge in [-0.2, -0.15) is 0 Å². The molecule has 0 aliphatic heterocycles. The molecule has 3 nitrogen and oxygen atoms in total. The van der Waals surface area contributed by atoms with Gasteiger partial charge >= 0.3 is 0 Å². The first-order chi connectivity index (χ1) is 10.7. The van der Waals surface area contributed by atoms with E-state index in [1.54, 1.807) is 14.0 Å². The van der Waals surface area contributed by atoms with Crippen LogP contribution in [0.25, 0.3) is 11.6 Å². The zero-order valence-corrected chi connectivity index (χ0v) is 12.8. The lowest BCUT2D eigenvalue weighted by Crippen LogP contribution is -2.00. The molecule has 0 aromatic heterocycles. The lowest BCUT2D eigenvalue weighted by Gasteiger charge is -2.18. The molecule has 0 unspecified atom stereocenters. The summed E-state index contributed by atoms with van der Waals surface area (Å²) in [6, 6.07) is 14.4. The van der Waals surface area contributed by atoms with E-state index in [0.29, 0.717) is 5.71 Å². The van der Waals surface area contributed by atoms with Gasteiger partial charge in [0.25, 0.3) is 0 Å². The highest BCUT2D eigenvalue weighted by Crippen LogP contribution is 2.32. The fourth-order valence-electron chi connectivity index (χ4n) is 2.81. The zero-order chi connectivity index (χ0) is 15.5. The molecule has 2 aromatic carbocycles. The Morgan fingerprint density at radius 3 is 2.55 bits per heavy atom. The Bertz CT molecular complexity index is 743. The minimum Gasteiger partial charge on any atom is -0.497 e. The van der Waals surface area contributed by atoms with Crippen LogP contribution >= 0.6 is 0 Å². The molecule has 3 heteroatoms. The van der Waals surface area contributed by atoms with Gasteiger partial charge in [-0.1, -0.05) is 41.6 Å². The van der Waals surface area contributed by atoms with Crippen molar-refractivity contribution >= 4 is 17.4 Å². The van der Waals surface area contributed by atoms with Gasteiger partial charge in [0.2, 0.25) is 0 Å². The highest BCUT2D eigenvalue weighted by Gasteiger charge is 2.13. The van der Waals surface area contributed by atoms with Gasteiger partial charge in [0, 0.05) is 0 Å². The molecule has 1 aliphatic rings. The summed E-state index contributed by atoms with van der Waals surface area (Å²) in [6.45, 7) is 1.79. The van der Waals surface area contributed by atoms with Crippen LogP contribution in [0.4, 0.5) is 0 Å². The van der Waals surface area contributed by atoms with Crippen molar-refractivity contribution in [3.8, 4) is 5.75 Å². The van der Waals surface area contributed by atoms with E-state index in [-0.39, 0.29) is 0 Å². The van der Waals surface area contributed by atoms with E-state index in [4.69, 9.17) is 9.94 Å². The lowest BCUT2D eigenvalue weighted by molar-refractivity contribution is 0.319.